The standard InChI is InChI=1S/C12H17NO2/c1-7-5-8(2)10(9(3)6-7)11(13-4)12(14)15/h5-6,11,13H,1-4H3,(H,14,15)/t11-/m0/s1. The van der Waals surface area contributed by atoms with Crippen LogP contribution in [0.1, 0.15) is 28.3 Å². The minimum atomic E-state index is -0.840. The number of carbonyl (C=O) groups is 1. The quantitative estimate of drug-likeness (QED) is 0.796. The lowest BCUT2D eigenvalue weighted by molar-refractivity contribution is -0.139. The van der Waals surface area contributed by atoms with Gasteiger partial charge in [-0.25, -0.2) is 0 Å². The van der Waals surface area contributed by atoms with Gasteiger partial charge in [0.25, 0.3) is 0 Å². The summed E-state index contributed by atoms with van der Waals surface area (Å²) in [6.45, 7) is 5.91. The van der Waals surface area contributed by atoms with Crippen molar-refractivity contribution in [1.29, 1.82) is 0 Å². The van der Waals surface area contributed by atoms with Gasteiger partial charge in [0.05, 0.1) is 0 Å². The highest BCUT2D eigenvalue weighted by Gasteiger charge is 2.21. The Morgan fingerprint density at radius 3 is 2.07 bits per heavy atom. The molecule has 15 heavy (non-hydrogen) atoms. The number of hydrogen-bond donors (Lipinski definition) is 2. The Hall–Kier alpha value is -1.35. The minimum Gasteiger partial charge on any atom is -0.480 e. The SMILES string of the molecule is CN[C@H](C(=O)O)c1c(C)cc(C)cc1C. The van der Waals surface area contributed by atoms with Crippen LogP contribution in [0.3, 0.4) is 0 Å². The van der Waals surface area contributed by atoms with Gasteiger partial charge in [0.1, 0.15) is 6.04 Å². The minimum absolute atomic E-state index is 0.620. The summed E-state index contributed by atoms with van der Waals surface area (Å²) >= 11 is 0. The fourth-order valence-electron chi connectivity index (χ4n) is 2.04. The first-order chi connectivity index (χ1) is 6.97. The van der Waals surface area contributed by atoms with Crippen LogP contribution in [0.15, 0.2) is 12.1 Å². The Morgan fingerprint density at radius 2 is 1.73 bits per heavy atom. The molecule has 0 fully saturated rings. The molecule has 0 aliphatic carbocycles. The van der Waals surface area contributed by atoms with E-state index in [2.05, 4.69) is 5.32 Å². The third-order valence-corrected chi connectivity index (χ3v) is 2.56. The molecule has 3 nitrogen and oxygen atoms in total. The number of rotatable bonds is 3. The number of aryl methyl sites for hydroxylation is 3. The number of benzene rings is 1. The van der Waals surface area contributed by atoms with Crippen molar-refractivity contribution < 1.29 is 9.90 Å². The third-order valence-electron chi connectivity index (χ3n) is 2.56. The van der Waals surface area contributed by atoms with Crippen molar-refractivity contribution in [2.75, 3.05) is 7.05 Å². The van der Waals surface area contributed by atoms with Crippen molar-refractivity contribution in [3.05, 3.63) is 34.4 Å². The Balaban J connectivity index is 3.29. The van der Waals surface area contributed by atoms with E-state index in [0.717, 1.165) is 22.3 Å². The molecule has 1 atom stereocenters. The van der Waals surface area contributed by atoms with Gasteiger partial charge in [-0.1, -0.05) is 17.7 Å². The van der Waals surface area contributed by atoms with E-state index < -0.39 is 12.0 Å². The number of aliphatic carboxylic acids is 1. The van der Waals surface area contributed by atoms with Crippen molar-refractivity contribution in [2.24, 2.45) is 0 Å². The molecule has 0 aromatic heterocycles. The van der Waals surface area contributed by atoms with Crippen molar-refractivity contribution in [3.8, 4) is 0 Å². The molecule has 0 saturated carbocycles. The predicted molar refractivity (Wildman–Crippen MR) is 60.1 cm³/mol. The van der Waals surface area contributed by atoms with Gasteiger partial charge in [0.15, 0.2) is 0 Å². The molecule has 0 radical (unpaired) electrons. The van der Waals surface area contributed by atoms with Crippen LogP contribution in [0.4, 0.5) is 0 Å². The zero-order chi connectivity index (χ0) is 11.6. The van der Waals surface area contributed by atoms with E-state index in [0.29, 0.717) is 0 Å². The Morgan fingerprint density at radius 1 is 1.27 bits per heavy atom. The molecular weight excluding hydrogens is 190 g/mol. The number of carboxylic acid groups (broad SMARTS) is 1. The second kappa shape index (κ2) is 4.45. The summed E-state index contributed by atoms with van der Waals surface area (Å²) in [6, 6.07) is 3.40. The molecule has 0 heterocycles. The normalized spacial score (nSPS) is 12.5. The first-order valence-corrected chi connectivity index (χ1v) is 4.95. The third kappa shape index (κ3) is 2.36. The summed E-state index contributed by atoms with van der Waals surface area (Å²) in [5, 5.41) is 11.9. The molecule has 82 valence electrons. The number of nitrogens with one attached hydrogen (secondary N) is 1. The highest BCUT2D eigenvalue weighted by molar-refractivity contribution is 5.76. The van der Waals surface area contributed by atoms with Crippen LogP contribution in [-0.4, -0.2) is 18.1 Å². The van der Waals surface area contributed by atoms with Gasteiger partial charge in [-0.3, -0.25) is 4.79 Å². The number of likely N-dealkylation sites (N-methyl/N-ethyl adjacent to an activating group) is 1. The van der Waals surface area contributed by atoms with E-state index in [4.69, 9.17) is 5.11 Å². The van der Waals surface area contributed by atoms with E-state index in [1.165, 1.54) is 0 Å². The average Bonchev–Trinajstić information content (AvgIpc) is 2.09. The van der Waals surface area contributed by atoms with Crippen LogP contribution in [0.2, 0.25) is 0 Å². The summed E-state index contributed by atoms with van der Waals surface area (Å²) in [5.74, 6) is -0.840. The maximum Gasteiger partial charge on any atom is 0.325 e. The first kappa shape index (κ1) is 11.7. The highest BCUT2D eigenvalue weighted by atomic mass is 16.4. The van der Waals surface area contributed by atoms with Crippen molar-refractivity contribution in [1.82, 2.24) is 5.32 Å². The van der Waals surface area contributed by atoms with Gasteiger partial charge >= 0.3 is 5.97 Å². The molecule has 0 amide bonds. The molecular formula is C12H17NO2. The zero-order valence-electron chi connectivity index (χ0n) is 9.59. The summed E-state index contributed by atoms with van der Waals surface area (Å²) in [6.07, 6.45) is 0. The Labute approximate surface area is 90.1 Å². The smallest absolute Gasteiger partial charge is 0.325 e. The lowest BCUT2D eigenvalue weighted by Gasteiger charge is -2.17. The van der Waals surface area contributed by atoms with E-state index in [9.17, 15) is 4.79 Å². The molecule has 1 aromatic rings. The van der Waals surface area contributed by atoms with Crippen LogP contribution in [0.5, 0.6) is 0 Å². The van der Waals surface area contributed by atoms with E-state index in [1.54, 1.807) is 7.05 Å². The highest BCUT2D eigenvalue weighted by Crippen LogP contribution is 2.23. The predicted octanol–water partition coefficient (Wildman–Crippen LogP) is 1.96. The maximum absolute atomic E-state index is 11.1. The summed E-state index contributed by atoms with van der Waals surface area (Å²) in [5.41, 5.74) is 4.08. The second-order valence-electron chi connectivity index (χ2n) is 3.87. The Kier molecular flexibility index (Phi) is 3.48. The first-order valence-electron chi connectivity index (χ1n) is 4.95. The van der Waals surface area contributed by atoms with Crippen LogP contribution < -0.4 is 5.32 Å². The van der Waals surface area contributed by atoms with Gasteiger partial charge in [0.2, 0.25) is 0 Å². The summed E-state index contributed by atoms with van der Waals surface area (Å²) in [4.78, 5) is 11.1. The molecule has 0 saturated heterocycles. The monoisotopic (exact) mass is 207 g/mol. The molecule has 1 aromatic carbocycles. The fourth-order valence-corrected chi connectivity index (χ4v) is 2.04. The van der Waals surface area contributed by atoms with E-state index in [1.807, 2.05) is 32.9 Å². The van der Waals surface area contributed by atoms with Crippen molar-refractivity contribution in [3.63, 3.8) is 0 Å². The maximum atomic E-state index is 11.1. The van der Waals surface area contributed by atoms with Crippen LogP contribution >= 0.6 is 0 Å². The van der Waals surface area contributed by atoms with Gasteiger partial charge in [-0.2, -0.15) is 0 Å². The average molecular weight is 207 g/mol. The summed E-state index contributed by atoms with van der Waals surface area (Å²) < 4.78 is 0. The largest absolute Gasteiger partial charge is 0.480 e. The van der Waals surface area contributed by atoms with Crippen LogP contribution in [0, 0.1) is 20.8 Å². The number of hydrogen-bond acceptors (Lipinski definition) is 2. The molecule has 3 heteroatoms. The van der Waals surface area contributed by atoms with Crippen molar-refractivity contribution in [2.45, 2.75) is 26.8 Å². The molecule has 2 N–H and O–H groups in total. The van der Waals surface area contributed by atoms with Crippen LogP contribution in [0.25, 0.3) is 0 Å². The molecule has 0 spiro atoms. The molecule has 0 aliphatic rings. The molecule has 0 unspecified atom stereocenters. The summed E-state index contributed by atoms with van der Waals surface area (Å²) in [7, 11) is 1.66. The Bertz CT molecular complexity index is 362. The van der Waals surface area contributed by atoms with Crippen LogP contribution in [-0.2, 0) is 4.79 Å². The lowest BCUT2D eigenvalue weighted by atomic mass is 9.94. The number of carboxylic acids is 1. The zero-order valence-corrected chi connectivity index (χ0v) is 9.59. The molecule has 1 rings (SSSR count). The lowest BCUT2D eigenvalue weighted by Crippen LogP contribution is -2.26. The van der Waals surface area contributed by atoms with E-state index in [-0.39, 0.29) is 0 Å². The van der Waals surface area contributed by atoms with Crippen molar-refractivity contribution >= 4 is 5.97 Å². The van der Waals surface area contributed by atoms with E-state index >= 15 is 0 Å². The molecule has 0 bridgehead atoms. The van der Waals surface area contributed by atoms with Gasteiger partial charge in [0, 0.05) is 0 Å². The topological polar surface area (TPSA) is 49.3 Å². The molecule has 0 aliphatic heterocycles. The van der Waals surface area contributed by atoms with Gasteiger partial charge in [-0.15, -0.1) is 0 Å². The fraction of sp³-hybridized carbons (Fsp3) is 0.417. The van der Waals surface area contributed by atoms with Gasteiger partial charge < -0.3 is 10.4 Å². The van der Waals surface area contributed by atoms with Gasteiger partial charge in [-0.05, 0) is 44.5 Å². The second-order valence-corrected chi connectivity index (χ2v) is 3.87.